The highest BCUT2D eigenvalue weighted by molar-refractivity contribution is 6.43. The molecule has 0 fully saturated rings. The molecule has 13 heavy (non-hydrogen) atoms. The van der Waals surface area contributed by atoms with Crippen LogP contribution in [-0.4, -0.2) is 16.1 Å². The number of aromatic carboxylic acids is 1. The van der Waals surface area contributed by atoms with Crippen molar-refractivity contribution in [1.82, 2.24) is 4.98 Å². The van der Waals surface area contributed by atoms with Gasteiger partial charge in [-0.3, -0.25) is 0 Å². The maximum atomic E-state index is 10.7. The van der Waals surface area contributed by atoms with Crippen LogP contribution in [0.15, 0.2) is 0 Å². The smallest absolute Gasteiger partial charge is 0.354 e. The zero-order chi connectivity index (χ0) is 10.2. The minimum Gasteiger partial charge on any atom is -0.477 e. The summed E-state index contributed by atoms with van der Waals surface area (Å²) in [6.07, 6.45) is 0. The number of aromatic nitrogens is 1. The van der Waals surface area contributed by atoms with E-state index in [9.17, 15) is 4.79 Å². The molecule has 1 aromatic rings. The molecule has 0 aromatic carbocycles. The zero-order valence-corrected chi connectivity index (χ0v) is 8.57. The van der Waals surface area contributed by atoms with Gasteiger partial charge in [-0.2, -0.15) is 0 Å². The van der Waals surface area contributed by atoms with Gasteiger partial charge >= 0.3 is 5.97 Å². The standard InChI is InChI=1S/C8H7Cl2NO2/c1-3-5(9)6(10)4(2)11-7(3)8(12)13/h1-2H3,(H,12,13). The number of carboxylic acids is 1. The molecule has 1 heterocycles. The number of rotatable bonds is 1. The van der Waals surface area contributed by atoms with Gasteiger partial charge in [0.25, 0.3) is 0 Å². The second kappa shape index (κ2) is 3.52. The van der Waals surface area contributed by atoms with Crippen molar-refractivity contribution < 1.29 is 9.90 Å². The molecule has 0 spiro atoms. The molecule has 1 N–H and O–H groups in total. The van der Waals surface area contributed by atoms with Crippen molar-refractivity contribution in [3.8, 4) is 0 Å². The van der Waals surface area contributed by atoms with E-state index in [4.69, 9.17) is 28.3 Å². The lowest BCUT2D eigenvalue weighted by molar-refractivity contribution is 0.0689. The van der Waals surface area contributed by atoms with Crippen LogP contribution < -0.4 is 0 Å². The fraction of sp³-hybridized carbons (Fsp3) is 0.250. The molecule has 5 heteroatoms. The number of aryl methyl sites for hydroxylation is 1. The predicted molar refractivity (Wildman–Crippen MR) is 50.7 cm³/mol. The molecule has 0 radical (unpaired) electrons. The van der Waals surface area contributed by atoms with Crippen molar-refractivity contribution in [2.75, 3.05) is 0 Å². The van der Waals surface area contributed by atoms with Crippen molar-refractivity contribution in [2.45, 2.75) is 13.8 Å². The molecule has 1 aromatic heterocycles. The predicted octanol–water partition coefficient (Wildman–Crippen LogP) is 2.70. The fourth-order valence-electron chi connectivity index (χ4n) is 0.936. The monoisotopic (exact) mass is 219 g/mol. The lowest BCUT2D eigenvalue weighted by Crippen LogP contribution is -2.05. The summed E-state index contributed by atoms with van der Waals surface area (Å²) in [5, 5.41) is 9.31. The molecule has 0 aliphatic heterocycles. The van der Waals surface area contributed by atoms with Crippen LogP contribution in [0.4, 0.5) is 0 Å². The Kier molecular flexibility index (Phi) is 2.78. The lowest BCUT2D eigenvalue weighted by Gasteiger charge is -2.06. The highest BCUT2D eigenvalue weighted by Crippen LogP contribution is 2.29. The van der Waals surface area contributed by atoms with Gasteiger partial charge in [0.15, 0.2) is 5.69 Å². The SMILES string of the molecule is Cc1nc(C(=O)O)c(C)c(Cl)c1Cl. The normalized spacial score (nSPS) is 10.2. The third-order valence-electron chi connectivity index (χ3n) is 1.68. The Morgan fingerprint density at radius 3 is 2.31 bits per heavy atom. The Balaban J connectivity index is 3.50. The first kappa shape index (κ1) is 10.3. The molecule has 0 saturated heterocycles. The van der Waals surface area contributed by atoms with Crippen molar-refractivity contribution in [3.05, 3.63) is 27.0 Å². The highest BCUT2D eigenvalue weighted by atomic mass is 35.5. The van der Waals surface area contributed by atoms with E-state index in [1.54, 1.807) is 13.8 Å². The van der Waals surface area contributed by atoms with E-state index in [0.717, 1.165) is 0 Å². The van der Waals surface area contributed by atoms with E-state index in [-0.39, 0.29) is 10.7 Å². The van der Waals surface area contributed by atoms with Gasteiger partial charge in [-0.05, 0) is 13.8 Å². The van der Waals surface area contributed by atoms with Crippen molar-refractivity contribution in [1.29, 1.82) is 0 Å². The van der Waals surface area contributed by atoms with Gasteiger partial charge < -0.3 is 5.11 Å². The average molecular weight is 220 g/mol. The second-order valence-electron chi connectivity index (χ2n) is 2.60. The van der Waals surface area contributed by atoms with Gasteiger partial charge in [0.2, 0.25) is 0 Å². The number of hydrogen-bond acceptors (Lipinski definition) is 2. The number of hydrogen-bond donors (Lipinski definition) is 1. The van der Waals surface area contributed by atoms with Gasteiger partial charge in [-0.15, -0.1) is 0 Å². The number of carbonyl (C=O) groups is 1. The van der Waals surface area contributed by atoms with Crippen LogP contribution in [-0.2, 0) is 0 Å². The molecule has 0 saturated carbocycles. The topological polar surface area (TPSA) is 50.2 Å². The Morgan fingerprint density at radius 1 is 1.31 bits per heavy atom. The van der Waals surface area contributed by atoms with E-state index in [2.05, 4.69) is 4.98 Å². The Labute approximate surface area is 85.3 Å². The van der Waals surface area contributed by atoms with Crippen molar-refractivity contribution in [3.63, 3.8) is 0 Å². The van der Waals surface area contributed by atoms with Gasteiger partial charge in [0.1, 0.15) is 0 Å². The molecule has 0 atom stereocenters. The van der Waals surface area contributed by atoms with Crippen LogP contribution in [0.2, 0.25) is 10.0 Å². The van der Waals surface area contributed by atoms with Crippen LogP contribution >= 0.6 is 23.2 Å². The maximum Gasteiger partial charge on any atom is 0.354 e. The van der Waals surface area contributed by atoms with E-state index >= 15 is 0 Å². The minimum absolute atomic E-state index is 0.0492. The molecule has 0 aliphatic carbocycles. The molecule has 70 valence electrons. The second-order valence-corrected chi connectivity index (χ2v) is 3.36. The molecule has 0 bridgehead atoms. The summed E-state index contributed by atoms with van der Waals surface area (Å²) >= 11 is 11.6. The van der Waals surface area contributed by atoms with Gasteiger partial charge in [-0.25, -0.2) is 9.78 Å². The summed E-state index contributed by atoms with van der Waals surface area (Å²) in [5.74, 6) is -1.10. The third kappa shape index (κ3) is 1.76. The molecule has 0 amide bonds. The largest absolute Gasteiger partial charge is 0.477 e. The molecule has 1 rings (SSSR count). The Morgan fingerprint density at radius 2 is 1.85 bits per heavy atom. The quantitative estimate of drug-likeness (QED) is 0.791. The third-order valence-corrected chi connectivity index (χ3v) is 2.71. The molecular formula is C8H7Cl2NO2. The first-order valence-corrected chi connectivity index (χ1v) is 4.26. The number of halogens is 2. The molecule has 0 unspecified atom stereocenters. The molecule has 3 nitrogen and oxygen atoms in total. The number of carboxylic acid groups (broad SMARTS) is 1. The average Bonchev–Trinajstić information content (AvgIpc) is 2.07. The molecular weight excluding hydrogens is 213 g/mol. The van der Waals surface area contributed by atoms with Crippen LogP contribution in [0.5, 0.6) is 0 Å². The van der Waals surface area contributed by atoms with Gasteiger partial charge in [-0.1, -0.05) is 23.2 Å². The van der Waals surface area contributed by atoms with Gasteiger partial charge in [0.05, 0.1) is 15.7 Å². The molecule has 0 aliphatic rings. The van der Waals surface area contributed by atoms with E-state index in [1.807, 2.05) is 0 Å². The minimum atomic E-state index is -1.10. The van der Waals surface area contributed by atoms with Crippen molar-refractivity contribution >= 4 is 29.2 Å². The fourth-order valence-corrected chi connectivity index (χ4v) is 1.35. The van der Waals surface area contributed by atoms with Crippen molar-refractivity contribution in [2.24, 2.45) is 0 Å². The summed E-state index contributed by atoms with van der Waals surface area (Å²) in [7, 11) is 0. The Bertz CT molecular complexity index is 377. The Hall–Kier alpha value is -0.800. The zero-order valence-electron chi connectivity index (χ0n) is 7.06. The van der Waals surface area contributed by atoms with E-state index in [1.165, 1.54) is 0 Å². The first-order chi connectivity index (χ1) is 5.95. The summed E-state index contributed by atoms with van der Waals surface area (Å²) in [5.41, 5.74) is 0.770. The van der Waals surface area contributed by atoms with Crippen LogP contribution in [0.1, 0.15) is 21.7 Å². The number of pyridine rings is 1. The van der Waals surface area contributed by atoms with E-state index in [0.29, 0.717) is 16.3 Å². The van der Waals surface area contributed by atoms with Gasteiger partial charge in [0, 0.05) is 5.56 Å². The summed E-state index contributed by atoms with van der Waals surface area (Å²) < 4.78 is 0. The van der Waals surface area contributed by atoms with Crippen LogP contribution in [0, 0.1) is 13.8 Å². The first-order valence-electron chi connectivity index (χ1n) is 3.50. The van der Waals surface area contributed by atoms with Crippen LogP contribution in [0.25, 0.3) is 0 Å². The summed E-state index contributed by atoms with van der Waals surface area (Å²) in [4.78, 5) is 14.5. The lowest BCUT2D eigenvalue weighted by atomic mass is 10.2. The summed E-state index contributed by atoms with van der Waals surface area (Å²) in [6, 6.07) is 0. The van der Waals surface area contributed by atoms with E-state index < -0.39 is 5.97 Å². The van der Waals surface area contributed by atoms with Crippen LogP contribution in [0.3, 0.4) is 0 Å². The highest BCUT2D eigenvalue weighted by Gasteiger charge is 2.16. The maximum absolute atomic E-state index is 10.7. The number of nitrogens with zero attached hydrogens (tertiary/aromatic N) is 1. The summed E-state index contributed by atoms with van der Waals surface area (Å²) in [6.45, 7) is 3.18.